The molecule has 0 heterocycles. The van der Waals surface area contributed by atoms with Crippen LogP contribution in [0.4, 0.5) is 0 Å². The first-order chi connectivity index (χ1) is 19.9. The van der Waals surface area contributed by atoms with Gasteiger partial charge in [-0.25, -0.2) is 4.79 Å². The summed E-state index contributed by atoms with van der Waals surface area (Å²) < 4.78 is 0. The van der Waals surface area contributed by atoms with Crippen molar-refractivity contribution >= 4 is 47.4 Å². The summed E-state index contributed by atoms with van der Waals surface area (Å²) in [5, 5.41) is 47.9. The van der Waals surface area contributed by atoms with Crippen molar-refractivity contribution in [2.24, 2.45) is 17.6 Å². The van der Waals surface area contributed by atoms with Crippen molar-refractivity contribution in [3.63, 3.8) is 0 Å². The number of carboxylic acids is 3. The maximum absolute atomic E-state index is 13.1. The first-order valence-electron chi connectivity index (χ1n) is 13.4. The number of carboxylic acid groups (broad SMARTS) is 3. The molecule has 0 aromatic heterocycles. The Labute approximate surface area is 247 Å². The number of aliphatic hydroxyl groups excluding tert-OH is 1. The first-order valence-corrected chi connectivity index (χ1v) is 13.4. The highest BCUT2D eigenvalue weighted by Gasteiger charge is 2.34. The summed E-state index contributed by atoms with van der Waals surface area (Å²) in [6, 6.07) is -7.65. The lowest BCUT2D eigenvalue weighted by Crippen LogP contribution is -2.60. The molecule has 0 radical (unpaired) electrons. The topological polar surface area (TPSA) is 304 Å². The summed E-state index contributed by atoms with van der Waals surface area (Å²) in [5.74, 6) is -9.93. The molecule has 11 N–H and O–H groups in total. The maximum atomic E-state index is 13.1. The van der Waals surface area contributed by atoms with Crippen LogP contribution in [-0.4, -0.2) is 111 Å². The lowest BCUT2D eigenvalue weighted by atomic mass is 10.0. The fourth-order valence-corrected chi connectivity index (χ4v) is 3.65. The van der Waals surface area contributed by atoms with Gasteiger partial charge in [0.2, 0.25) is 29.5 Å². The normalized spacial score (nSPS) is 14.4. The molecule has 0 aliphatic carbocycles. The van der Waals surface area contributed by atoms with E-state index in [0.717, 1.165) is 0 Å². The lowest BCUT2D eigenvalue weighted by molar-refractivity contribution is -0.144. The summed E-state index contributed by atoms with van der Waals surface area (Å²) in [7, 11) is 0. The number of carbonyl (C=O) groups is 8. The number of carbonyl (C=O) groups excluding carboxylic acids is 5. The third-order valence-electron chi connectivity index (χ3n) is 5.88. The molecule has 18 heteroatoms. The summed E-state index contributed by atoms with van der Waals surface area (Å²) in [6.45, 7) is 5.16. The van der Waals surface area contributed by atoms with Crippen LogP contribution in [0.25, 0.3) is 0 Å². The number of hydrogen-bond donors (Lipinski definition) is 10. The van der Waals surface area contributed by atoms with E-state index in [1.807, 2.05) is 0 Å². The summed E-state index contributed by atoms with van der Waals surface area (Å²) in [5.41, 5.74) is 5.28. The van der Waals surface area contributed by atoms with Gasteiger partial charge in [0.25, 0.3) is 0 Å². The Kier molecular flexibility index (Phi) is 17.1. The van der Waals surface area contributed by atoms with Gasteiger partial charge in [-0.2, -0.15) is 0 Å². The highest BCUT2D eigenvalue weighted by Crippen LogP contribution is 2.09. The Morgan fingerprint density at radius 3 is 1.58 bits per heavy atom. The Morgan fingerprint density at radius 2 is 1.14 bits per heavy atom. The van der Waals surface area contributed by atoms with E-state index in [1.54, 1.807) is 27.7 Å². The zero-order chi connectivity index (χ0) is 33.4. The van der Waals surface area contributed by atoms with Gasteiger partial charge in [0.1, 0.15) is 30.2 Å². The zero-order valence-corrected chi connectivity index (χ0v) is 24.4. The Balaban J connectivity index is 6.05. The quantitative estimate of drug-likeness (QED) is 0.0634. The SMILES string of the molecule is CC(C)CC(NC(=O)C(CC(=O)O)NC(=O)C(CCC(=O)O)NC(=O)C(NC(=O)CN)C(C)C)C(=O)NC(CO)C(=O)O. The second kappa shape index (κ2) is 19.0. The molecule has 5 amide bonds. The van der Waals surface area contributed by atoms with Gasteiger partial charge >= 0.3 is 17.9 Å². The van der Waals surface area contributed by atoms with Crippen LogP contribution >= 0.6 is 0 Å². The van der Waals surface area contributed by atoms with Crippen molar-refractivity contribution < 1.29 is 58.8 Å². The molecule has 0 saturated carbocycles. The van der Waals surface area contributed by atoms with Crippen LogP contribution in [0.15, 0.2) is 0 Å². The number of rotatable bonds is 20. The average Bonchev–Trinajstić information content (AvgIpc) is 2.90. The fraction of sp³-hybridized carbons (Fsp3) is 0.680. The Morgan fingerprint density at radius 1 is 0.651 bits per heavy atom. The van der Waals surface area contributed by atoms with Crippen molar-refractivity contribution in [3.8, 4) is 0 Å². The molecule has 5 atom stereocenters. The van der Waals surface area contributed by atoms with Crippen LogP contribution in [-0.2, 0) is 38.4 Å². The molecule has 0 rings (SSSR count). The fourth-order valence-electron chi connectivity index (χ4n) is 3.65. The van der Waals surface area contributed by atoms with Crippen molar-refractivity contribution in [2.75, 3.05) is 13.2 Å². The molecular weight excluding hydrogens is 576 g/mol. The molecule has 18 nitrogen and oxygen atoms in total. The summed E-state index contributed by atoms with van der Waals surface area (Å²) in [4.78, 5) is 97.5. The molecule has 0 aromatic carbocycles. The van der Waals surface area contributed by atoms with E-state index in [0.29, 0.717) is 0 Å². The molecule has 0 fully saturated rings. The molecule has 244 valence electrons. The highest BCUT2D eigenvalue weighted by atomic mass is 16.4. The Hall–Kier alpha value is -4.32. The highest BCUT2D eigenvalue weighted by molar-refractivity contribution is 5.97. The van der Waals surface area contributed by atoms with Gasteiger partial charge in [0.15, 0.2) is 0 Å². The van der Waals surface area contributed by atoms with E-state index in [9.17, 15) is 48.6 Å². The van der Waals surface area contributed by atoms with Crippen LogP contribution in [0.2, 0.25) is 0 Å². The molecule has 0 aliphatic heterocycles. The monoisotopic (exact) mass is 618 g/mol. The standard InChI is InChI=1S/C25H42N6O12/c1-11(2)7-14(22(39)30-16(10-32)25(42)43)28-23(40)15(8-19(36)37)29-21(38)13(5-6-18(34)35)27-24(41)20(12(3)4)31-17(33)9-26/h11-16,20,32H,5-10,26H2,1-4H3,(H,27,41)(H,28,40)(H,29,38)(H,30,39)(H,31,33)(H,34,35)(H,36,37)(H,42,43). The minimum absolute atomic E-state index is 0.0362. The van der Waals surface area contributed by atoms with Crippen molar-refractivity contribution in [1.29, 1.82) is 0 Å². The Bertz CT molecular complexity index is 1030. The van der Waals surface area contributed by atoms with E-state index < -0.39 is 116 Å². The largest absolute Gasteiger partial charge is 0.481 e. The molecule has 43 heavy (non-hydrogen) atoms. The van der Waals surface area contributed by atoms with Gasteiger partial charge in [0.05, 0.1) is 19.6 Å². The van der Waals surface area contributed by atoms with Crippen molar-refractivity contribution in [3.05, 3.63) is 0 Å². The van der Waals surface area contributed by atoms with Gasteiger partial charge in [-0.15, -0.1) is 0 Å². The van der Waals surface area contributed by atoms with Crippen LogP contribution in [0, 0.1) is 11.8 Å². The number of hydrogen-bond acceptors (Lipinski definition) is 10. The molecule has 0 saturated heterocycles. The van der Waals surface area contributed by atoms with Gasteiger partial charge in [-0.1, -0.05) is 27.7 Å². The van der Waals surface area contributed by atoms with Crippen LogP contribution < -0.4 is 32.3 Å². The summed E-state index contributed by atoms with van der Waals surface area (Å²) >= 11 is 0. The van der Waals surface area contributed by atoms with E-state index in [2.05, 4.69) is 26.6 Å². The van der Waals surface area contributed by atoms with Gasteiger partial charge in [-0.3, -0.25) is 33.6 Å². The third kappa shape index (κ3) is 14.9. The number of nitrogens with one attached hydrogen (secondary N) is 5. The minimum Gasteiger partial charge on any atom is -0.481 e. The van der Waals surface area contributed by atoms with E-state index in [1.165, 1.54) is 0 Å². The molecule has 0 aromatic rings. The maximum Gasteiger partial charge on any atom is 0.328 e. The van der Waals surface area contributed by atoms with Crippen LogP contribution in [0.5, 0.6) is 0 Å². The smallest absolute Gasteiger partial charge is 0.328 e. The van der Waals surface area contributed by atoms with Gasteiger partial charge in [0, 0.05) is 6.42 Å². The van der Waals surface area contributed by atoms with E-state index >= 15 is 0 Å². The van der Waals surface area contributed by atoms with Gasteiger partial charge in [-0.05, 0) is 24.7 Å². The van der Waals surface area contributed by atoms with E-state index in [4.69, 9.17) is 15.9 Å². The number of nitrogens with two attached hydrogens (primary N) is 1. The number of amides is 5. The zero-order valence-electron chi connectivity index (χ0n) is 24.4. The van der Waals surface area contributed by atoms with Crippen molar-refractivity contribution in [1.82, 2.24) is 26.6 Å². The minimum atomic E-state index is -1.82. The van der Waals surface area contributed by atoms with E-state index in [-0.39, 0.29) is 12.3 Å². The van der Waals surface area contributed by atoms with Crippen molar-refractivity contribution in [2.45, 2.75) is 83.6 Å². The molecule has 0 spiro atoms. The predicted octanol–water partition coefficient (Wildman–Crippen LogP) is -3.51. The van der Waals surface area contributed by atoms with Crippen LogP contribution in [0.1, 0.15) is 53.4 Å². The second-order valence-electron chi connectivity index (χ2n) is 10.4. The number of aliphatic carboxylic acids is 3. The first kappa shape index (κ1) is 38.7. The molecule has 0 bridgehead atoms. The molecular formula is C25H42N6O12. The lowest BCUT2D eigenvalue weighted by Gasteiger charge is -2.27. The third-order valence-corrected chi connectivity index (χ3v) is 5.88. The van der Waals surface area contributed by atoms with Crippen LogP contribution in [0.3, 0.4) is 0 Å². The molecule has 5 unspecified atom stereocenters. The van der Waals surface area contributed by atoms with Gasteiger partial charge < -0.3 is 52.7 Å². The number of aliphatic hydroxyl groups is 1. The molecule has 0 aliphatic rings. The second-order valence-corrected chi connectivity index (χ2v) is 10.4. The average molecular weight is 619 g/mol. The predicted molar refractivity (Wildman–Crippen MR) is 147 cm³/mol. The summed E-state index contributed by atoms with van der Waals surface area (Å²) in [6.07, 6.45) is -2.10.